The van der Waals surface area contributed by atoms with Gasteiger partial charge in [-0.1, -0.05) is 25.1 Å². The maximum atomic E-state index is 13.8. The topological polar surface area (TPSA) is 68.0 Å². The lowest BCUT2D eigenvalue weighted by atomic mass is 10.1. The van der Waals surface area contributed by atoms with Crippen LogP contribution in [0.5, 0.6) is 17.2 Å². The van der Waals surface area contributed by atoms with Crippen LogP contribution in [0.15, 0.2) is 54.6 Å². The molecule has 1 saturated heterocycles. The minimum Gasteiger partial charge on any atom is -0.496 e. The summed E-state index contributed by atoms with van der Waals surface area (Å²) in [5, 5.41) is 0. The van der Waals surface area contributed by atoms with Crippen molar-refractivity contribution in [2.24, 2.45) is 0 Å². The zero-order valence-electron chi connectivity index (χ0n) is 22.5. The van der Waals surface area contributed by atoms with Crippen LogP contribution in [-0.2, 0) is 13.0 Å². The summed E-state index contributed by atoms with van der Waals surface area (Å²) >= 11 is 0. The number of amides is 1. The highest BCUT2D eigenvalue weighted by atomic mass is 16.5. The SMILES string of the molecule is CCc1ccc(CN(CCN2CCCC2)C(=O)c2ccc(Oc3ccc(C)c(C)c3)c(N)c2)c(OC)c1. The Balaban J connectivity index is 1.55. The van der Waals surface area contributed by atoms with Gasteiger partial charge in [0.05, 0.1) is 12.8 Å². The van der Waals surface area contributed by atoms with Crippen molar-refractivity contribution >= 4 is 11.6 Å². The number of anilines is 1. The van der Waals surface area contributed by atoms with Crippen molar-refractivity contribution in [3.8, 4) is 17.2 Å². The molecule has 6 heteroatoms. The van der Waals surface area contributed by atoms with Crippen LogP contribution < -0.4 is 15.2 Å². The normalized spacial score (nSPS) is 13.5. The van der Waals surface area contributed by atoms with Crippen LogP contribution in [0.1, 0.15) is 52.4 Å². The molecular formula is C31H39N3O3. The first kappa shape index (κ1) is 26.6. The summed E-state index contributed by atoms with van der Waals surface area (Å²) in [5.41, 5.74) is 11.9. The number of benzene rings is 3. The predicted octanol–water partition coefficient (Wildman–Crippen LogP) is 5.99. The van der Waals surface area contributed by atoms with Gasteiger partial charge in [-0.15, -0.1) is 0 Å². The summed E-state index contributed by atoms with van der Waals surface area (Å²) in [6.07, 6.45) is 3.38. The Morgan fingerprint density at radius 3 is 2.43 bits per heavy atom. The van der Waals surface area contributed by atoms with Crippen LogP contribution in [0.25, 0.3) is 0 Å². The van der Waals surface area contributed by atoms with Gasteiger partial charge in [-0.05, 0) is 99.3 Å². The molecule has 1 aliphatic heterocycles. The van der Waals surface area contributed by atoms with E-state index < -0.39 is 0 Å². The molecule has 0 aromatic heterocycles. The van der Waals surface area contributed by atoms with Gasteiger partial charge in [-0.25, -0.2) is 0 Å². The lowest BCUT2D eigenvalue weighted by Gasteiger charge is -2.27. The van der Waals surface area contributed by atoms with Crippen LogP contribution in [0.4, 0.5) is 5.69 Å². The maximum absolute atomic E-state index is 13.8. The molecule has 0 spiro atoms. The summed E-state index contributed by atoms with van der Waals surface area (Å²) in [6, 6.07) is 17.5. The molecule has 0 bridgehead atoms. The second-order valence-electron chi connectivity index (χ2n) is 9.88. The van der Waals surface area contributed by atoms with E-state index in [1.165, 1.54) is 24.0 Å². The zero-order valence-corrected chi connectivity index (χ0v) is 22.5. The fraction of sp³-hybridized carbons (Fsp3) is 0.387. The molecule has 0 atom stereocenters. The minimum absolute atomic E-state index is 0.0507. The van der Waals surface area contributed by atoms with Gasteiger partial charge in [0.25, 0.3) is 5.91 Å². The van der Waals surface area contributed by atoms with Gasteiger partial charge in [0.15, 0.2) is 0 Å². The number of likely N-dealkylation sites (tertiary alicyclic amines) is 1. The molecule has 196 valence electrons. The highest BCUT2D eigenvalue weighted by Gasteiger charge is 2.21. The molecule has 3 aromatic carbocycles. The average molecular weight is 502 g/mol. The highest BCUT2D eigenvalue weighted by Crippen LogP contribution is 2.30. The van der Waals surface area contributed by atoms with Crippen LogP contribution in [0, 0.1) is 13.8 Å². The molecule has 3 aromatic rings. The standard InChI is InChI=1S/C31H39N3O3/c1-5-24-9-10-26(30(19-24)36-4)21-34(17-16-33-14-6-7-15-33)31(35)25-11-13-29(28(32)20-25)37-27-12-8-22(2)23(3)18-27/h8-13,18-20H,5-7,14-17,21,32H2,1-4H3. The summed E-state index contributed by atoms with van der Waals surface area (Å²) in [7, 11) is 1.68. The summed E-state index contributed by atoms with van der Waals surface area (Å²) in [4.78, 5) is 18.1. The molecule has 37 heavy (non-hydrogen) atoms. The van der Waals surface area contributed by atoms with E-state index in [9.17, 15) is 4.79 Å². The van der Waals surface area contributed by atoms with Crippen LogP contribution in [0.2, 0.25) is 0 Å². The monoisotopic (exact) mass is 501 g/mol. The third kappa shape index (κ3) is 6.63. The first-order chi connectivity index (χ1) is 17.9. The number of carbonyl (C=O) groups is 1. The van der Waals surface area contributed by atoms with Crippen LogP contribution in [-0.4, -0.2) is 49.0 Å². The lowest BCUT2D eigenvalue weighted by Crippen LogP contribution is -2.37. The van der Waals surface area contributed by atoms with Crippen molar-refractivity contribution in [2.45, 2.75) is 46.6 Å². The van der Waals surface area contributed by atoms with Crippen molar-refractivity contribution < 1.29 is 14.3 Å². The van der Waals surface area contributed by atoms with E-state index in [0.29, 0.717) is 30.1 Å². The lowest BCUT2D eigenvalue weighted by molar-refractivity contribution is 0.0726. The number of hydrogen-bond acceptors (Lipinski definition) is 5. The number of carbonyl (C=O) groups excluding carboxylic acids is 1. The molecule has 1 fully saturated rings. The zero-order chi connectivity index (χ0) is 26.4. The Labute approximate surface area is 221 Å². The highest BCUT2D eigenvalue weighted by molar-refractivity contribution is 5.95. The van der Waals surface area contributed by atoms with Crippen molar-refractivity contribution in [1.29, 1.82) is 0 Å². The van der Waals surface area contributed by atoms with E-state index >= 15 is 0 Å². The fourth-order valence-corrected chi connectivity index (χ4v) is 4.73. The number of nitrogens with two attached hydrogens (primary N) is 1. The van der Waals surface area contributed by atoms with Gasteiger partial charge >= 0.3 is 0 Å². The largest absolute Gasteiger partial charge is 0.496 e. The number of nitrogens with zero attached hydrogens (tertiary/aromatic N) is 2. The Kier molecular flexibility index (Phi) is 8.72. The number of methoxy groups -OCH3 is 1. The number of nitrogen functional groups attached to an aromatic ring is 1. The first-order valence-corrected chi connectivity index (χ1v) is 13.2. The van der Waals surface area contributed by atoms with Crippen LogP contribution >= 0.6 is 0 Å². The van der Waals surface area contributed by atoms with Crippen molar-refractivity contribution in [2.75, 3.05) is 39.0 Å². The molecule has 2 N–H and O–H groups in total. The molecule has 4 rings (SSSR count). The molecule has 1 amide bonds. The van der Waals surface area contributed by atoms with E-state index in [4.69, 9.17) is 15.2 Å². The number of aryl methyl sites for hydroxylation is 3. The van der Waals surface area contributed by atoms with E-state index in [0.717, 1.165) is 48.7 Å². The Morgan fingerprint density at radius 1 is 0.973 bits per heavy atom. The molecule has 0 aliphatic carbocycles. The smallest absolute Gasteiger partial charge is 0.254 e. The number of ether oxygens (including phenoxy) is 2. The van der Waals surface area contributed by atoms with E-state index in [2.05, 4.69) is 43.9 Å². The van der Waals surface area contributed by atoms with E-state index in [1.807, 2.05) is 23.1 Å². The van der Waals surface area contributed by atoms with E-state index in [1.54, 1.807) is 25.3 Å². The maximum Gasteiger partial charge on any atom is 0.254 e. The summed E-state index contributed by atoms with van der Waals surface area (Å²) in [6.45, 7) is 10.4. The Morgan fingerprint density at radius 2 is 1.76 bits per heavy atom. The molecule has 0 radical (unpaired) electrons. The number of rotatable bonds is 10. The average Bonchev–Trinajstić information content (AvgIpc) is 3.43. The quantitative estimate of drug-likeness (QED) is 0.346. The fourth-order valence-electron chi connectivity index (χ4n) is 4.73. The third-order valence-electron chi connectivity index (χ3n) is 7.26. The number of hydrogen-bond donors (Lipinski definition) is 1. The third-order valence-corrected chi connectivity index (χ3v) is 7.26. The van der Waals surface area contributed by atoms with Crippen molar-refractivity contribution in [3.05, 3.63) is 82.4 Å². The second-order valence-corrected chi connectivity index (χ2v) is 9.88. The van der Waals surface area contributed by atoms with Gasteiger partial charge in [0.2, 0.25) is 0 Å². The molecule has 0 saturated carbocycles. The second kappa shape index (κ2) is 12.2. The Hall–Kier alpha value is -3.51. The van der Waals surface area contributed by atoms with Gasteiger partial charge in [0.1, 0.15) is 17.2 Å². The van der Waals surface area contributed by atoms with Crippen molar-refractivity contribution in [1.82, 2.24) is 9.80 Å². The molecule has 1 heterocycles. The van der Waals surface area contributed by atoms with Crippen molar-refractivity contribution in [3.63, 3.8) is 0 Å². The van der Waals surface area contributed by atoms with Gasteiger partial charge in [-0.3, -0.25) is 4.79 Å². The van der Waals surface area contributed by atoms with Gasteiger partial charge in [0, 0.05) is 30.8 Å². The molecule has 1 aliphatic rings. The Bertz CT molecular complexity index is 1230. The van der Waals surface area contributed by atoms with Gasteiger partial charge in [-0.2, -0.15) is 0 Å². The first-order valence-electron chi connectivity index (χ1n) is 13.2. The van der Waals surface area contributed by atoms with Crippen LogP contribution in [0.3, 0.4) is 0 Å². The minimum atomic E-state index is -0.0507. The molecule has 0 unspecified atom stereocenters. The molecule has 6 nitrogen and oxygen atoms in total. The predicted molar refractivity (Wildman–Crippen MR) is 150 cm³/mol. The van der Waals surface area contributed by atoms with E-state index in [-0.39, 0.29) is 5.91 Å². The van der Waals surface area contributed by atoms with Gasteiger partial charge < -0.3 is 25.0 Å². The molecular weight excluding hydrogens is 462 g/mol. The summed E-state index contributed by atoms with van der Waals surface area (Å²) < 4.78 is 11.7. The summed E-state index contributed by atoms with van der Waals surface area (Å²) in [5.74, 6) is 2.03.